The van der Waals surface area contributed by atoms with E-state index in [0.717, 1.165) is 35.4 Å². The molecule has 182 valence electrons. The number of thioether (sulfide) groups is 1. The minimum absolute atomic E-state index is 0.0892. The minimum atomic E-state index is -3.98. The number of hydrogen-bond donors (Lipinski definition) is 0. The second-order valence-electron chi connectivity index (χ2n) is 8.38. The van der Waals surface area contributed by atoms with Crippen molar-refractivity contribution in [2.75, 3.05) is 5.75 Å². The highest BCUT2D eigenvalue weighted by Gasteiger charge is 2.22. The van der Waals surface area contributed by atoms with Gasteiger partial charge >= 0.3 is 0 Å². The van der Waals surface area contributed by atoms with Crippen LogP contribution in [0.25, 0.3) is 23.0 Å². The first-order valence-corrected chi connectivity index (χ1v) is 14.2. The average Bonchev–Trinajstić information content (AvgIpc) is 3.32. The van der Waals surface area contributed by atoms with E-state index in [4.69, 9.17) is 5.10 Å². The molecule has 0 unspecified atom stereocenters. The van der Waals surface area contributed by atoms with E-state index in [0.29, 0.717) is 11.3 Å². The molecule has 1 heterocycles. The second-order valence-corrected chi connectivity index (χ2v) is 11.5. The normalized spacial score (nSPS) is 11.9. The van der Waals surface area contributed by atoms with Crippen molar-refractivity contribution in [1.29, 1.82) is 5.26 Å². The highest BCUT2D eigenvalue weighted by Crippen LogP contribution is 2.30. The minimum Gasteiger partial charge on any atom is -0.240 e. The molecule has 0 amide bonds. The molecule has 4 aromatic rings. The van der Waals surface area contributed by atoms with E-state index in [2.05, 4.69) is 19.1 Å². The number of para-hydroxylation sites is 1. The Morgan fingerprint density at radius 2 is 1.72 bits per heavy atom. The SMILES string of the molecule is CCCCSc1ccc(-c2nn(-c3ccccc3)cc2/C=C(/C#N)S(=O)(=O)c2ccc(C)cc2)cc1. The summed E-state index contributed by atoms with van der Waals surface area (Å²) < 4.78 is 28.2. The molecule has 0 N–H and O–H groups in total. The molecule has 0 saturated carbocycles. The van der Waals surface area contributed by atoms with Gasteiger partial charge in [0.1, 0.15) is 16.7 Å². The number of nitrogens with zero attached hydrogens (tertiary/aromatic N) is 3. The topological polar surface area (TPSA) is 75.8 Å². The van der Waals surface area contributed by atoms with Crippen LogP contribution in [-0.4, -0.2) is 24.0 Å². The standard InChI is InChI=1S/C29H27N3O2S2/c1-3-4-18-35-26-14-12-23(13-15-26)29-24(21-32(31-29)25-8-6-5-7-9-25)19-28(20-30)36(33,34)27-16-10-22(2)11-17-27/h5-17,19,21H,3-4,18H2,1-2H3/b28-19-. The molecule has 0 fully saturated rings. The molecule has 0 bridgehead atoms. The molecule has 0 aliphatic heterocycles. The van der Waals surface area contributed by atoms with Crippen molar-refractivity contribution in [2.45, 2.75) is 36.5 Å². The van der Waals surface area contributed by atoms with Gasteiger partial charge in [-0.2, -0.15) is 10.4 Å². The van der Waals surface area contributed by atoms with Gasteiger partial charge in [0.05, 0.1) is 10.6 Å². The molecule has 36 heavy (non-hydrogen) atoms. The number of nitriles is 1. The Labute approximate surface area is 217 Å². The summed E-state index contributed by atoms with van der Waals surface area (Å²) in [6, 6.07) is 26.1. The first-order valence-electron chi connectivity index (χ1n) is 11.7. The van der Waals surface area contributed by atoms with Crippen LogP contribution in [0.2, 0.25) is 0 Å². The summed E-state index contributed by atoms with van der Waals surface area (Å²) in [4.78, 5) is 0.935. The molecule has 0 radical (unpaired) electrons. The summed E-state index contributed by atoms with van der Waals surface area (Å²) in [5.74, 6) is 1.06. The number of aryl methyl sites for hydroxylation is 1. The van der Waals surface area contributed by atoms with Crippen LogP contribution < -0.4 is 0 Å². The molecule has 5 nitrogen and oxygen atoms in total. The monoisotopic (exact) mass is 513 g/mol. The van der Waals surface area contributed by atoms with Crippen LogP contribution in [0.4, 0.5) is 0 Å². The zero-order chi connectivity index (χ0) is 25.5. The number of hydrogen-bond acceptors (Lipinski definition) is 5. The molecule has 3 aromatic carbocycles. The summed E-state index contributed by atoms with van der Waals surface area (Å²) in [5.41, 5.74) is 3.79. The van der Waals surface area contributed by atoms with Crippen molar-refractivity contribution >= 4 is 27.7 Å². The van der Waals surface area contributed by atoms with E-state index in [-0.39, 0.29) is 9.80 Å². The lowest BCUT2D eigenvalue weighted by Crippen LogP contribution is -2.03. The predicted molar refractivity (Wildman–Crippen MR) is 147 cm³/mol. The molecule has 4 rings (SSSR count). The van der Waals surface area contributed by atoms with E-state index in [1.807, 2.05) is 67.2 Å². The van der Waals surface area contributed by atoms with Crippen molar-refractivity contribution in [2.24, 2.45) is 0 Å². The molecule has 0 spiro atoms. The van der Waals surface area contributed by atoms with Gasteiger partial charge in [-0.25, -0.2) is 13.1 Å². The van der Waals surface area contributed by atoms with Gasteiger partial charge in [-0.1, -0.05) is 61.4 Å². The third-order valence-corrected chi connectivity index (χ3v) is 8.45. The predicted octanol–water partition coefficient (Wildman–Crippen LogP) is 7.08. The maximum Gasteiger partial charge on any atom is 0.216 e. The second kappa shape index (κ2) is 11.4. The number of rotatable bonds is 9. The first kappa shape index (κ1) is 25.5. The number of sulfone groups is 1. The third-order valence-electron chi connectivity index (χ3n) is 5.68. The maximum atomic E-state index is 13.3. The van der Waals surface area contributed by atoms with Crippen molar-refractivity contribution in [1.82, 2.24) is 9.78 Å². The highest BCUT2D eigenvalue weighted by molar-refractivity contribution is 7.99. The van der Waals surface area contributed by atoms with Gasteiger partial charge in [-0.15, -0.1) is 11.8 Å². The lowest BCUT2D eigenvalue weighted by atomic mass is 10.1. The Bertz CT molecular complexity index is 1500. The average molecular weight is 514 g/mol. The summed E-state index contributed by atoms with van der Waals surface area (Å²) in [7, 11) is -3.98. The van der Waals surface area contributed by atoms with Crippen LogP contribution >= 0.6 is 11.8 Å². The molecular formula is C29H27N3O2S2. The van der Waals surface area contributed by atoms with Gasteiger partial charge in [0.25, 0.3) is 0 Å². The largest absolute Gasteiger partial charge is 0.240 e. The molecule has 0 aliphatic carbocycles. The smallest absolute Gasteiger partial charge is 0.216 e. The molecular weight excluding hydrogens is 486 g/mol. The van der Waals surface area contributed by atoms with Crippen molar-refractivity contribution < 1.29 is 8.42 Å². The highest BCUT2D eigenvalue weighted by atomic mass is 32.2. The molecule has 1 aromatic heterocycles. The van der Waals surface area contributed by atoms with E-state index in [9.17, 15) is 13.7 Å². The van der Waals surface area contributed by atoms with Crippen molar-refractivity contribution in [3.05, 3.63) is 101 Å². The molecule has 0 aliphatic rings. The van der Waals surface area contributed by atoms with Gasteiger partial charge in [0.2, 0.25) is 9.84 Å². The first-order chi connectivity index (χ1) is 17.4. The lowest BCUT2D eigenvalue weighted by Gasteiger charge is -2.05. The fourth-order valence-electron chi connectivity index (χ4n) is 3.63. The van der Waals surface area contributed by atoms with Gasteiger partial charge in [-0.05, 0) is 61.6 Å². The lowest BCUT2D eigenvalue weighted by molar-refractivity contribution is 0.603. The Balaban J connectivity index is 1.78. The van der Waals surface area contributed by atoms with E-state index < -0.39 is 9.84 Å². The van der Waals surface area contributed by atoms with Crippen LogP contribution in [0.5, 0.6) is 0 Å². The Kier molecular flexibility index (Phi) is 8.09. The summed E-state index contributed by atoms with van der Waals surface area (Å²) in [6.45, 7) is 4.06. The summed E-state index contributed by atoms with van der Waals surface area (Å²) in [6.07, 6.45) is 5.50. The van der Waals surface area contributed by atoms with Crippen molar-refractivity contribution in [3.8, 4) is 23.0 Å². The maximum absolute atomic E-state index is 13.3. The molecule has 7 heteroatoms. The number of unbranched alkanes of at least 4 members (excludes halogenated alkanes) is 1. The fraction of sp³-hybridized carbons (Fsp3) is 0.172. The van der Waals surface area contributed by atoms with E-state index in [1.165, 1.54) is 23.1 Å². The van der Waals surface area contributed by atoms with Gasteiger partial charge in [0.15, 0.2) is 0 Å². The van der Waals surface area contributed by atoms with E-state index >= 15 is 0 Å². The zero-order valence-corrected chi connectivity index (χ0v) is 21.9. The fourth-order valence-corrected chi connectivity index (χ4v) is 5.78. The molecule has 0 atom stereocenters. The Morgan fingerprint density at radius 3 is 2.36 bits per heavy atom. The van der Waals surface area contributed by atoms with Gasteiger partial charge in [0, 0.05) is 22.2 Å². The Morgan fingerprint density at radius 1 is 1.03 bits per heavy atom. The van der Waals surface area contributed by atoms with Gasteiger partial charge < -0.3 is 0 Å². The van der Waals surface area contributed by atoms with Crippen molar-refractivity contribution in [3.63, 3.8) is 0 Å². The van der Waals surface area contributed by atoms with Crippen LogP contribution in [0, 0.1) is 18.3 Å². The summed E-state index contributed by atoms with van der Waals surface area (Å²) >= 11 is 1.81. The van der Waals surface area contributed by atoms with Crippen LogP contribution in [0.3, 0.4) is 0 Å². The number of benzene rings is 3. The quantitative estimate of drug-likeness (QED) is 0.136. The zero-order valence-electron chi connectivity index (χ0n) is 20.3. The van der Waals surface area contributed by atoms with Crippen LogP contribution in [0.1, 0.15) is 30.9 Å². The third kappa shape index (κ3) is 5.78. The number of aromatic nitrogens is 2. The molecule has 0 saturated heterocycles. The van der Waals surface area contributed by atoms with Crippen LogP contribution in [0.15, 0.2) is 99.8 Å². The van der Waals surface area contributed by atoms with Crippen LogP contribution in [-0.2, 0) is 9.84 Å². The number of allylic oxidation sites excluding steroid dienone is 1. The Hall–Kier alpha value is -3.60. The van der Waals surface area contributed by atoms with Gasteiger partial charge in [-0.3, -0.25) is 0 Å². The summed E-state index contributed by atoms with van der Waals surface area (Å²) in [5, 5.41) is 14.6. The van der Waals surface area contributed by atoms with E-state index in [1.54, 1.807) is 23.0 Å².